The van der Waals surface area contributed by atoms with Crippen molar-refractivity contribution in [1.82, 2.24) is 14.5 Å². The summed E-state index contributed by atoms with van der Waals surface area (Å²) in [5, 5.41) is 2.74. The summed E-state index contributed by atoms with van der Waals surface area (Å²) < 4.78 is 13.2. The molecule has 3 heterocycles. The zero-order chi connectivity index (χ0) is 18.8. The molecule has 0 fully saturated rings. The van der Waals surface area contributed by atoms with E-state index >= 15 is 0 Å². The van der Waals surface area contributed by atoms with E-state index < -0.39 is 0 Å². The zero-order valence-electron chi connectivity index (χ0n) is 15.4. The summed E-state index contributed by atoms with van der Waals surface area (Å²) in [6.07, 6.45) is 4.99. The number of nitrogens with zero attached hydrogens (tertiary/aromatic N) is 3. The van der Waals surface area contributed by atoms with E-state index in [-0.39, 0.29) is 18.3 Å². The molecule has 0 radical (unpaired) electrons. The number of imidazole rings is 1. The predicted octanol–water partition coefficient (Wildman–Crippen LogP) is 4.88. The first-order valence-electron chi connectivity index (χ1n) is 8.58. The van der Waals surface area contributed by atoms with Gasteiger partial charge in [-0.3, -0.25) is 4.79 Å². The quantitative estimate of drug-likeness (QED) is 0.517. The summed E-state index contributed by atoms with van der Waals surface area (Å²) in [5.41, 5.74) is 3.30. The Morgan fingerprint density at radius 2 is 2.14 bits per heavy atom. The van der Waals surface area contributed by atoms with E-state index in [4.69, 9.17) is 9.15 Å². The molecule has 3 aromatic heterocycles. The monoisotopic (exact) mass is 398 g/mol. The Balaban J connectivity index is 0.00000225. The van der Waals surface area contributed by atoms with Gasteiger partial charge >= 0.3 is 0 Å². The van der Waals surface area contributed by atoms with Crippen molar-refractivity contribution in [2.24, 2.45) is 0 Å². The minimum absolute atomic E-state index is 0. The standard InChI is InChI=1S/C20H18N4O3.ClH/c1-3-24-18-10-19(27-16-6-4-5-15(9-16)22-13(2)25)21-11-17(18)23-20(24)14-7-8-26-12-14;/h4-12H,3H2,1-2H3,(H,22,25);1H. The maximum Gasteiger partial charge on any atom is 0.221 e. The average Bonchev–Trinajstić information content (AvgIpc) is 3.28. The molecule has 0 aliphatic carbocycles. The van der Waals surface area contributed by atoms with Gasteiger partial charge in [-0.25, -0.2) is 9.97 Å². The van der Waals surface area contributed by atoms with Crippen molar-refractivity contribution in [3.05, 3.63) is 55.1 Å². The van der Waals surface area contributed by atoms with Crippen LogP contribution >= 0.6 is 12.4 Å². The van der Waals surface area contributed by atoms with E-state index in [9.17, 15) is 4.79 Å². The first kappa shape index (κ1) is 19.4. The Kier molecular flexibility index (Phi) is 5.65. The predicted molar refractivity (Wildman–Crippen MR) is 109 cm³/mol. The van der Waals surface area contributed by atoms with Crippen LogP contribution in [0.4, 0.5) is 5.69 Å². The molecule has 1 N–H and O–H groups in total. The molecule has 0 unspecified atom stereocenters. The van der Waals surface area contributed by atoms with E-state index in [0.717, 1.165) is 29.0 Å². The number of amides is 1. The molecule has 4 rings (SSSR count). The maximum atomic E-state index is 11.2. The Morgan fingerprint density at radius 1 is 1.29 bits per heavy atom. The molecule has 0 atom stereocenters. The Labute approximate surface area is 167 Å². The van der Waals surface area contributed by atoms with Crippen molar-refractivity contribution >= 4 is 35.0 Å². The first-order chi connectivity index (χ1) is 13.1. The highest BCUT2D eigenvalue weighted by Gasteiger charge is 2.14. The molecule has 0 spiro atoms. The fourth-order valence-corrected chi connectivity index (χ4v) is 2.96. The maximum absolute atomic E-state index is 11.2. The van der Waals surface area contributed by atoms with Crippen LogP contribution in [0.25, 0.3) is 22.4 Å². The second-order valence-corrected chi connectivity index (χ2v) is 6.01. The summed E-state index contributed by atoms with van der Waals surface area (Å²) >= 11 is 0. The number of carbonyl (C=O) groups excluding carboxylic acids is 1. The van der Waals surface area contributed by atoms with Gasteiger partial charge in [0.25, 0.3) is 0 Å². The number of hydrogen-bond donors (Lipinski definition) is 1. The summed E-state index contributed by atoms with van der Waals surface area (Å²) in [4.78, 5) is 20.2. The molecule has 28 heavy (non-hydrogen) atoms. The molecule has 144 valence electrons. The number of anilines is 1. The fourth-order valence-electron chi connectivity index (χ4n) is 2.96. The number of ether oxygens (including phenoxy) is 1. The summed E-state index contributed by atoms with van der Waals surface area (Å²) in [6.45, 7) is 4.27. The van der Waals surface area contributed by atoms with Gasteiger partial charge in [0.1, 0.15) is 23.4 Å². The van der Waals surface area contributed by atoms with Gasteiger partial charge in [-0.2, -0.15) is 0 Å². The molecule has 8 heteroatoms. The number of rotatable bonds is 5. The van der Waals surface area contributed by atoms with Gasteiger partial charge in [-0.15, -0.1) is 12.4 Å². The van der Waals surface area contributed by atoms with Gasteiger partial charge < -0.3 is 19.0 Å². The smallest absolute Gasteiger partial charge is 0.221 e. The highest BCUT2D eigenvalue weighted by molar-refractivity contribution is 5.88. The number of aryl methyl sites for hydroxylation is 1. The Hall–Kier alpha value is -3.32. The largest absolute Gasteiger partial charge is 0.472 e. The number of hydrogen-bond acceptors (Lipinski definition) is 5. The van der Waals surface area contributed by atoms with Crippen molar-refractivity contribution < 1.29 is 13.9 Å². The SMILES string of the molecule is CCn1c(-c2ccoc2)nc2cnc(Oc3cccc(NC(C)=O)c3)cc21.Cl. The molecule has 7 nitrogen and oxygen atoms in total. The summed E-state index contributed by atoms with van der Waals surface area (Å²) in [7, 11) is 0. The van der Waals surface area contributed by atoms with Crippen LogP contribution in [0.15, 0.2) is 59.5 Å². The number of nitrogens with one attached hydrogen (secondary N) is 1. The van der Waals surface area contributed by atoms with Crippen LogP contribution in [0.2, 0.25) is 0 Å². The van der Waals surface area contributed by atoms with Crippen LogP contribution < -0.4 is 10.1 Å². The lowest BCUT2D eigenvalue weighted by Crippen LogP contribution is -2.05. The van der Waals surface area contributed by atoms with E-state index in [1.165, 1.54) is 6.92 Å². The van der Waals surface area contributed by atoms with Crippen molar-refractivity contribution in [2.75, 3.05) is 5.32 Å². The van der Waals surface area contributed by atoms with Crippen molar-refractivity contribution in [2.45, 2.75) is 20.4 Å². The van der Waals surface area contributed by atoms with Crippen molar-refractivity contribution in [3.8, 4) is 23.0 Å². The number of pyridine rings is 1. The van der Waals surface area contributed by atoms with Gasteiger partial charge in [-0.05, 0) is 25.1 Å². The summed E-state index contributed by atoms with van der Waals surface area (Å²) in [5.74, 6) is 1.74. The normalized spacial score (nSPS) is 10.5. The Bertz CT molecular complexity index is 1110. The molecule has 0 saturated carbocycles. The van der Waals surface area contributed by atoms with Crippen LogP contribution in [0.1, 0.15) is 13.8 Å². The minimum atomic E-state index is -0.134. The lowest BCUT2D eigenvalue weighted by atomic mass is 10.3. The van der Waals surface area contributed by atoms with Crippen molar-refractivity contribution in [3.63, 3.8) is 0 Å². The molecule has 0 aliphatic rings. The number of furan rings is 1. The average molecular weight is 399 g/mol. The lowest BCUT2D eigenvalue weighted by molar-refractivity contribution is -0.114. The van der Waals surface area contributed by atoms with Crippen LogP contribution in [-0.4, -0.2) is 20.4 Å². The molecular formula is C20H19ClN4O3. The fraction of sp³-hybridized carbons (Fsp3) is 0.150. The summed E-state index contributed by atoms with van der Waals surface area (Å²) in [6, 6.07) is 10.9. The molecule has 4 aromatic rings. The van der Waals surface area contributed by atoms with Crippen LogP contribution in [0, 0.1) is 0 Å². The van der Waals surface area contributed by atoms with E-state index in [1.54, 1.807) is 30.9 Å². The van der Waals surface area contributed by atoms with Gasteiger partial charge in [0.15, 0.2) is 0 Å². The number of aromatic nitrogens is 3. The third-order valence-electron chi connectivity index (χ3n) is 4.08. The minimum Gasteiger partial charge on any atom is -0.472 e. The van der Waals surface area contributed by atoms with Gasteiger partial charge in [0, 0.05) is 31.3 Å². The second kappa shape index (κ2) is 8.14. The van der Waals surface area contributed by atoms with Gasteiger partial charge in [-0.1, -0.05) is 6.07 Å². The van der Waals surface area contributed by atoms with Crippen LogP contribution in [0.3, 0.4) is 0 Å². The third-order valence-corrected chi connectivity index (χ3v) is 4.08. The van der Waals surface area contributed by atoms with E-state index in [1.807, 2.05) is 24.3 Å². The van der Waals surface area contributed by atoms with E-state index in [0.29, 0.717) is 17.3 Å². The molecule has 0 bridgehead atoms. The number of benzene rings is 1. The molecular weight excluding hydrogens is 380 g/mol. The first-order valence-corrected chi connectivity index (χ1v) is 8.58. The molecule has 0 aliphatic heterocycles. The number of halogens is 1. The second-order valence-electron chi connectivity index (χ2n) is 6.01. The third kappa shape index (κ3) is 3.84. The molecule has 1 amide bonds. The number of fused-ring (bicyclic) bond motifs is 1. The van der Waals surface area contributed by atoms with Crippen molar-refractivity contribution in [1.29, 1.82) is 0 Å². The molecule has 0 saturated heterocycles. The highest BCUT2D eigenvalue weighted by atomic mass is 35.5. The Morgan fingerprint density at radius 3 is 2.86 bits per heavy atom. The van der Waals surface area contributed by atoms with E-state index in [2.05, 4.69) is 26.8 Å². The molecule has 1 aromatic carbocycles. The lowest BCUT2D eigenvalue weighted by Gasteiger charge is -2.08. The zero-order valence-corrected chi connectivity index (χ0v) is 16.2. The highest BCUT2D eigenvalue weighted by Crippen LogP contribution is 2.29. The van der Waals surface area contributed by atoms with Crippen LogP contribution in [-0.2, 0) is 11.3 Å². The van der Waals surface area contributed by atoms with Gasteiger partial charge in [0.05, 0.1) is 23.5 Å². The van der Waals surface area contributed by atoms with Gasteiger partial charge in [0.2, 0.25) is 11.8 Å². The topological polar surface area (TPSA) is 82.2 Å². The number of carbonyl (C=O) groups is 1. The van der Waals surface area contributed by atoms with Crippen LogP contribution in [0.5, 0.6) is 11.6 Å².